The topological polar surface area (TPSA) is 122 Å². The second-order valence-electron chi connectivity index (χ2n) is 9.75. The van der Waals surface area contributed by atoms with Gasteiger partial charge in [0.05, 0.1) is 17.7 Å². The van der Waals surface area contributed by atoms with E-state index in [0.717, 1.165) is 46.1 Å². The van der Waals surface area contributed by atoms with Crippen LogP contribution in [0.25, 0.3) is 33.2 Å². The summed E-state index contributed by atoms with van der Waals surface area (Å²) in [6.45, 7) is 2.31. The molecule has 4 heterocycles. The Balaban J connectivity index is 1.18. The minimum atomic E-state index is -0.945. The molecule has 6 rings (SSSR count). The predicted molar refractivity (Wildman–Crippen MR) is 136 cm³/mol. The summed E-state index contributed by atoms with van der Waals surface area (Å²) in [5.41, 5.74) is 3.79. The van der Waals surface area contributed by atoms with Gasteiger partial charge in [-0.25, -0.2) is 4.98 Å². The highest BCUT2D eigenvalue weighted by molar-refractivity contribution is 6.01. The number of nitrogens with zero attached hydrogens (tertiary/aromatic N) is 5. The maximum atomic E-state index is 13.2. The molecule has 0 radical (unpaired) electrons. The molecule has 182 valence electrons. The molecule has 0 unspecified atom stereocenters. The van der Waals surface area contributed by atoms with E-state index in [1.54, 1.807) is 23.1 Å². The molecule has 1 saturated carbocycles. The molecular weight excluding hydrogens is 454 g/mol. The van der Waals surface area contributed by atoms with Crippen LogP contribution in [0.15, 0.2) is 61.1 Å². The van der Waals surface area contributed by atoms with E-state index in [0.29, 0.717) is 30.6 Å². The molecule has 0 aliphatic heterocycles. The Hall–Kier alpha value is -4.11. The molecule has 1 fully saturated rings. The van der Waals surface area contributed by atoms with E-state index in [1.807, 2.05) is 49.5 Å². The third-order valence-electron chi connectivity index (χ3n) is 6.94. The number of aromatic nitrogens is 6. The number of amides is 1. The molecule has 9 heteroatoms. The molecule has 5 aromatic rings. The van der Waals surface area contributed by atoms with Gasteiger partial charge in [0.2, 0.25) is 0 Å². The predicted octanol–water partition coefficient (Wildman–Crippen LogP) is 3.78. The second-order valence-corrected chi connectivity index (χ2v) is 9.75. The van der Waals surface area contributed by atoms with Gasteiger partial charge in [-0.05, 0) is 75.1 Å². The summed E-state index contributed by atoms with van der Waals surface area (Å²) in [6, 6.07) is 13.1. The number of rotatable bonds is 5. The van der Waals surface area contributed by atoms with Crippen molar-refractivity contribution in [2.24, 2.45) is 0 Å². The Kier molecular flexibility index (Phi) is 5.49. The number of hydrogen-bond acceptors (Lipinski definition) is 6. The van der Waals surface area contributed by atoms with Gasteiger partial charge in [-0.2, -0.15) is 10.2 Å². The SMILES string of the molecule is Cc1cc(-c2n[nH]c3ccc(C(=O)N[C@H]4CCC[C@@](O)(Cn5cc6cccnc6n5)C4)cc23)ccn1. The molecule has 2 atom stereocenters. The van der Waals surface area contributed by atoms with Crippen LogP contribution in [-0.2, 0) is 6.54 Å². The number of pyridine rings is 2. The fourth-order valence-corrected chi connectivity index (χ4v) is 5.23. The zero-order valence-corrected chi connectivity index (χ0v) is 20.0. The van der Waals surface area contributed by atoms with Gasteiger partial charge in [-0.15, -0.1) is 0 Å². The van der Waals surface area contributed by atoms with Crippen LogP contribution in [0.4, 0.5) is 0 Å². The Bertz CT molecular complexity index is 1540. The first-order valence-corrected chi connectivity index (χ1v) is 12.2. The van der Waals surface area contributed by atoms with Gasteiger partial charge < -0.3 is 10.4 Å². The number of benzene rings is 1. The van der Waals surface area contributed by atoms with Crippen LogP contribution in [-0.4, -0.2) is 52.6 Å². The maximum Gasteiger partial charge on any atom is 0.251 e. The first-order valence-electron chi connectivity index (χ1n) is 12.2. The zero-order valence-electron chi connectivity index (χ0n) is 20.0. The van der Waals surface area contributed by atoms with Crippen molar-refractivity contribution in [1.29, 1.82) is 0 Å². The van der Waals surface area contributed by atoms with Gasteiger partial charge in [0.1, 0.15) is 5.69 Å². The minimum absolute atomic E-state index is 0.123. The minimum Gasteiger partial charge on any atom is -0.388 e. The van der Waals surface area contributed by atoms with Gasteiger partial charge >= 0.3 is 0 Å². The lowest BCUT2D eigenvalue weighted by Crippen LogP contribution is -2.47. The van der Waals surface area contributed by atoms with E-state index < -0.39 is 5.60 Å². The smallest absolute Gasteiger partial charge is 0.251 e. The van der Waals surface area contributed by atoms with Crippen LogP contribution in [0, 0.1) is 6.92 Å². The number of carbonyl (C=O) groups excluding carboxylic acids is 1. The highest BCUT2D eigenvalue weighted by Gasteiger charge is 2.36. The van der Waals surface area contributed by atoms with Crippen LogP contribution in [0.1, 0.15) is 41.7 Å². The first-order chi connectivity index (χ1) is 17.5. The van der Waals surface area contributed by atoms with Crippen LogP contribution in [0.5, 0.6) is 0 Å². The van der Waals surface area contributed by atoms with Crippen molar-refractivity contribution in [3.63, 3.8) is 0 Å². The number of aryl methyl sites for hydroxylation is 1. The molecule has 9 nitrogen and oxygen atoms in total. The summed E-state index contributed by atoms with van der Waals surface area (Å²) in [4.78, 5) is 21.7. The first kappa shape index (κ1) is 22.4. The van der Waals surface area contributed by atoms with E-state index >= 15 is 0 Å². The molecule has 0 bridgehead atoms. The lowest BCUT2D eigenvalue weighted by Gasteiger charge is -2.37. The average Bonchev–Trinajstić information content (AvgIpc) is 3.46. The van der Waals surface area contributed by atoms with Crippen molar-refractivity contribution in [3.05, 3.63) is 72.3 Å². The van der Waals surface area contributed by atoms with Crippen LogP contribution >= 0.6 is 0 Å². The van der Waals surface area contributed by atoms with Crippen LogP contribution in [0.3, 0.4) is 0 Å². The monoisotopic (exact) mass is 481 g/mol. The molecular formula is C27H27N7O2. The molecule has 1 amide bonds. The van der Waals surface area contributed by atoms with E-state index in [4.69, 9.17) is 0 Å². The summed E-state index contributed by atoms with van der Waals surface area (Å²) in [6.07, 6.45) is 8.16. The fraction of sp³-hybridized carbons (Fsp3) is 0.296. The number of nitrogens with one attached hydrogen (secondary N) is 2. The lowest BCUT2D eigenvalue weighted by atomic mass is 9.81. The summed E-state index contributed by atoms with van der Waals surface area (Å²) >= 11 is 0. The fourth-order valence-electron chi connectivity index (χ4n) is 5.23. The summed E-state index contributed by atoms with van der Waals surface area (Å²) in [7, 11) is 0. The zero-order chi connectivity index (χ0) is 24.7. The number of hydrogen-bond donors (Lipinski definition) is 3. The molecule has 1 aromatic carbocycles. The average molecular weight is 482 g/mol. The number of aliphatic hydroxyl groups is 1. The third kappa shape index (κ3) is 4.33. The standard InChI is InChI=1S/C27H27N7O2/c1-17-12-18(8-11-28-17)24-22-13-19(6-7-23(22)31-32-24)26(35)30-21-5-2-9-27(36,14-21)16-34-15-20-4-3-10-29-25(20)33-34/h3-4,6-8,10-13,15,21,36H,2,5,9,14,16H2,1H3,(H,30,35)(H,31,32)/t21-,27-/m0/s1. The number of H-pyrrole nitrogens is 1. The van der Waals surface area contributed by atoms with Crippen molar-refractivity contribution in [2.75, 3.05) is 0 Å². The molecule has 36 heavy (non-hydrogen) atoms. The van der Waals surface area contributed by atoms with Crippen molar-refractivity contribution >= 4 is 27.8 Å². The molecule has 1 aliphatic rings. The summed E-state index contributed by atoms with van der Waals surface area (Å²) in [5, 5.41) is 28.3. The largest absolute Gasteiger partial charge is 0.388 e. The van der Waals surface area contributed by atoms with Gasteiger partial charge in [0.15, 0.2) is 5.65 Å². The molecule has 0 spiro atoms. The summed E-state index contributed by atoms with van der Waals surface area (Å²) in [5.74, 6) is -0.154. The Labute approximate surface area is 207 Å². The van der Waals surface area contributed by atoms with Crippen molar-refractivity contribution in [2.45, 2.75) is 50.8 Å². The number of aromatic amines is 1. The lowest BCUT2D eigenvalue weighted by molar-refractivity contribution is -0.0235. The van der Waals surface area contributed by atoms with Crippen LogP contribution in [0.2, 0.25) is 0 Å². The number of fused-ring (bicyclic) bond motifs is 2. The second kappa shape index (κ2) is 8.83. The van der Waals surface area contributed by atoms with E-state index in [2.05, 4.69) is 30.6 Å². The molecule has 3 N–H and O–H groups in total. The highest BCUT2D eigenvalue weighted by Crippen LogP contribution is 2.31. The Morgan fingerprint density at radius 3 is 3.00 bits per heavy atom. The van der Waals surface area contributed by atoms with Crippen molar-refractivity contribution < 1.29 is 9.90 Å². The van der Waals surface area contributed by atoms with Gasteiger partial charge in [0.25, 0.3) is 5.91 Å². The van der Waals surface area contributed by atoms with E-state index in [-0.39, 0.29) is 11.9 Å². The Morgan fingerprint density at radius 1 is 1.22 bits per heavy atom. The van der Waals surface area contributed by atoms with E-state index in [1.165, 1.54) is 0 Å². The quantitative estimate of drug-likeness (QED) is 0.351. The highest BCUT2D eigenvalue weighted by atomic mass is 16.3. The van der Waals surface area contributed by atoms with Crippen LogP contribution < -0.4 is 5.32 Å². The van der Waals surface area contributed by atoms with Gasteiger partial charge in [-0.1, -0.05) is 0 Å². The summed E-state index contributed by atoms with van der Waals surface area (Å²) < 4.78 is 1.76. The normalized spacial score (nSPS) is 20.1. The van der Waals surface area contributed by atoms with Gasteiger partial charge in [-0.3, -0.25) is 19.6 Å². The molecule has 4 aromatic heterocycles. The molecule has 1 aliphatic carbocycles. The number of carbonyl (C=O) groups is 1. The van der Waals surface area contributed by atoms with Crippen molar-refractivity contribution in [3.8, 4) is 11.3 Å². The third-order valence-corrected chi connectivity index (χ3v) is 6.94. The van der Waals surface area contributed by atoms with Gasteiger partial charge in [0, 0.05) is 52.2 Å². The Morgan fingerprint density at radius 2 is 2.14 bits per heavy atom. The molecule has 0 saturated heterocycles. The van der Waals surface area contributed by atoms with Crippen molar-refractivity contribution in [1.82, 2.24) is 35.3 Å². The maximum absolute atomic E-state index is 13.2. The van der Waals surface area contributed by atoms with E-state index in [9.17, 15) is 9.90 Å².